The predicted octanol–water partition coefficient (Wildman–Crippen LogP) is 2.81. The molecule has 2 heteroatoms. The van der Waals surface area contributed by atoms with Crippen molar-refractivity contribution < 1.29 is 4.79 Å². The summed E-state index contributed by atoms with van der Waals surface area (Å²) in [6.45, 7) is 0. The molecule has 0 spiro atoms. The summed E-state index contributed by atoms with van der Waals surface area (Å²) in [5.74, 6) is 1.49. The van der Waals surface area contributed by atoms with E-state index >= 15 is 0 Å². The highest BCUT2D eigenvalue weighted by Crippen LogP contribution is 2.19. The monoisotopic (exact) mass is 184 g/mol. The van der Waals surface area contributed by atoms with Crippen LogP contribution in [0.25, 0.3) is 0 Å². The highest BCUT2D eigenvalue weighted by Gasteiger charge is 2.07. The van der Waals surface area contributed by atoms with Gasteiger partial charge in [-0.25, -0.2) is 0 Å². The maximum Gasteiger partial charge on any atom is 0.155 e. The zero-order valence-corrected chi connectivity index (χ0v) is 8.45. The summed E-state index contributed by atoms with van der Waals surface area (Å²) in [4.78, 5) is 11.2. The van der Waals surface area contributed by atoms with Crippen LogP contribution in [0.5, 0.6) is 0 Å². The van der Waals surface area contributed by atoms with Gasteiger partial charge in [0.1, 0.15) is 0 Å². The van der Waals surface area contributed by atoms with E-state index in [1.807, 2.05) is 17.8 Å². The molecule has 0 aromatic rings. The average molecular weight is 184 g/mol. The second-order valence-corrected chi connectivity index (χ2v) is 4.20. The van der Waals surface area contributed by atoms with Crippen LogP contribution in [0.2, 0.25) is 0 Å². The fourth-order valence-electron chi connectivity index (χ4n) is 1.45. The molecule has 0 N–H and O–H groups in total. The van der Waals surface area contributed by atoms with Crippen LogP contribution >= 0.6 is 11.8 Å². The quantitative estimate of drug-likeness (QED) is 0.671. The van der Waals surface area contributed by atoms with Crippen LogP contribution < -0.4 is 0 Å². The number of rotatable bonds is 3. The van der Waals surface area contributed by atoms with E-state index in [2.05, 4.69) is 6.26 Å². The summed E-state index contributed by atoms with van der Waals surface area (Å²) in [5, 5.41) is 0. The van der Waals surface area contributed by atoms with Gasteiger partial charge >= 0.3 is 0 Å². The largest absolute Gasteiger partial charge is 0.295 e. The van der Waals surface area contributed by atoms with E-state index in [9.17, 15) is 4.79 Å². The van der Waals surface area contributed by atoms with E-state index in [0.29, 0.717) is 5.78 Å². The van der Waals surface area contributed by atoms with Crippen LogP contribution in [0.3, 0.4) is 0 Å². The molecular formula is C10H16OS. The molecule has 0 amide bonds. The Morgan fingerprint density at radius 1 is 1.42 bits per heavy atom. The van der Waals surface area contributed by atoms with Gasteiger partial charge in [-0.3, -0.25) is 4.79 Å². The maximum absolute atomic E-state index is 11.2. The molecule has 1 rings (SSSR count). The molecule has 0 fully saturated rings. The first-order valence-corrected chi connectivity index (χ1v) is 5.93. The zero-order chi connectivity index (χ0) is 8.81. The SMILES string of the molecule is CSCCC1=CC(=O)CCCC1. The summed E-state index contributed by atoms with van der Waals surface area (Å²) in [5.41, 5.74) is 1.37. The number of hydrogen-bond donors (Lipinski definition) is 0. The van der Waals surface area contributed by atoms with Crippen molar-refractivity contribution in [2.24, 2.45) is 0 Å². The Hall–Kier alpha value is -0.240. The van der Waals surface area contributed by atoms with Gasteiger partial charge in [0, 0.05) is 6.42 Å². The van der Waals surface area contributed by atoms with Gasteiger partial charge in [0.05, 0.1) is 0 Å². The van der Waals surface area contributed by atoms with Gasteiger partial charge in [-0.05, 0) is 43.8 Å². The summed E-state index contributed by atoms with van der Waals surface area (Å²) in [6, 6.07) is 0. The van der Waals surface area contributed by atoms with Gasteiger partial charge in [0.15, 0.2) is 5.78 Å². The van der Waals surface area contributed by atoms with Crippen LogP contribution in [0.1, 0.15) is 32.1 Å². The number of thioether (sulfide) groups is 1. The van der Waals surface area contributed by atoms with E-state index in [-0.39, 0.29) is 0 Å². The number of allylic oxidation sites excluding steroid dienone is 2. The Morgan fingerprint density at radius 3 is 2.92 bits per heavy atom. The molecule has 1 aliphatic carbocycles. The molecule has 0 saturated carbocycles. The van der Waals surface area contributed by atoms with Gasteiger partial charge in [0.2, 0.25) is 0 Å². The van der Waals surface area contributed by atoms with Gasteiger partial charge in [-0.15, -0.1) is 0 Å². The van der Waals surface area contributed by atoms with E-state index in [1.54, 1.807) is 0 Å². The fraction of sp³-hybridized carbons (Fsp3) is 0.700. The molecule has 0 bridgehead atoms. The summed E-state index contributed by atoms with van der Waals surface area (Å²) < 4.78 is 0. The topological polar surface area (TPSA) is 17.1 Å². The Balaban J connectivity index is 2.42. The average Bonchev–Trinajstić information content (AvgIpc) is 2.26. The fourth-order valence-corrected chi connectivity index (χ4v) is 1.92. The molecule has 0 aliphatic heterocycles. The molecule has 1 aliphatic rings. The van der Waals surface area contributed by atoms with E-state index < -0.39 is 0 Å². The predicted molar refractivity (Wildman–Crippen MR) is 54.6 cm³/mol. The standard InChI is InChI=1S/C10H16OS/c1-12-7-6-9-4-2-3-5-10(11)8-9/h8H,2-7H2,1H3. The number of hydrogen-bond acceptors (Lipinski definition) is 2. The smallest absolute Gasteiger partial charge is 0.155 e. The van der Waals surface area contributed by atoms with Gasteiger partial charge in [-0.2, -0.15) is 11.8 Å². The van der Waals surface area contributed by atoms with E-state index in [4.69, 9.17) is 0 Å². The second kappa shape index (κ2) is 5.41. The van der Waals surface area contributed by atoms with Crippen molar-refractivity contribution in [3.63, 3.8) is 0 Å². The summed E-state index contributed by atoms with van der Waals surface area (Å²) in [7, 11) is 0. The van der Waals surface area contributed by atoms with Crippen molar-refractivity contribution in [2.75, 3.05) is 12.0 Å². The van der Waals surface area contributed by atoms with Gasteiger partial charge in [0.25, 0.3) is 0 Å². The number of ketones is 1. The lowest BCUT2D eigenvalue weighted by molar-refractivity contribution is -0.114. The normalized spacial score (nSPS) is 18.8. The van der Waals surface area contributed by atoms with Crippen LogP contribution in [0.15, 0.2) is 11.6 Å². The van der Waals surface area contributed by atoms with Crippen molar-refractivity contribution in [2.45, 2.75) is 32.1 Å². The van der Waals surface area contributed by atoms with Crippen molar-refractivity contribution in [3.05, 3.63) is 11.6 Å². The van der Waals surface area contributed by atoms with E-state index in [0.717, 1.165) is 31.4 Å². The summed E-state index contributed by atoms with van der Waals surface area (Å²) >= 11 is 1.85. The van der Waals surface area contributed by atoms with Crippen LogP contribution in [-0.4, -0.2) is 17.8 Å². The first-order valence-electron chi connectivity index (χ1n) is 4.54. The Bertz CT molecular complexity index is 184. The molecule has 0 atom stereocenters. The lowest BCUT2D eigenvalue weighted by Crippen LogP contribution is -1.91. The van der Waals surface area contributed by atoms with E-state index in [1.165, 1.54) is 12.0 Å². The highest BCUT2D eigenvalue weighted by atomic mass is 32.2. The summed E-state index contributed by atoms with van der Waals surface area (Å²) in [6.07, 6.45) is 9.29. The zero-order valence-electron chi connectivity index (χ0n) is 7.64. The molecule has 12 heavy (non-hydrogen) atoms. The Kier molecular flexibility index (Phi) is 4.44. The van der Waals surface area contributed by atoms with Crippen LogP contribution in [0.4, 0.5) is 0 Å². The molecule has 1 nitrogen and oxygen atoms in total. The highest BCUT2D eigenvalue weighted by molar-refractivity contribution is 7.98. The Labute approximate surface area is 78.6 Å². The lowest BCUT2D eigenvalue weighted by Gasteiger charge is -2.01. The number of carbonyl (C=O) groups is 1. The number of carbonyl (C=O) groups excluding carboxylic acids is 1. The molecular weight excluding hydrogens is 168 g/mol. The maximum atomic E-state index is 11.2. The van der Waals surface area contributed by atoms with Gasteiger partial charge < -0.3 is 0 Å². The molecule has 0 unspecified atom stereocenters. The van der Waals surface area contributed by atoms with Crippen LogP contribution in [0, 0.1) is 0 Å². The van der Waals surface area contributed by atoms with Crippen molar-refractivity contribution in [1.82, 2.24) is 0 Å². The van der Waals surface area contributed by atoms with Crippen LogP contribution in [-0.2, 0) is 4.79 Å². The van der Waals surface area contributed by atoms with Crippen molar-refractivity contribution in [1.29, 1.82) is 0 Å². The minimum Gasteiger partial charge on any atom is -0.295 e. The third-order valence-electron chi connectivity index (χ3n) is 2.16. The minimum atomic E-state index is 0.337. The van der Waals surface area contributed by atoms with Crippen molar-refractivity contribution in [3.8, 4) is 0 Å². The third kappa shape index (κ3) is 3.44. The molecule has 0 radical (unpaired) electrons. The van der Waals surface area contributed by atoms with Crippen molar-refractivity contribution >= 4 is 17.5 Å². The Morgan fingerprint density at radius 2 is 2.17 bits per heavy atom. The molecule has 68 valence electrons. The molecule has 0 saturated heterocycles. The molecule has 0 aromatic carbocycles. The molecule has 0 aromatic heterocycles. The molecule has 0 heterocycles. The first-order chi connectivity index (χ1) is 5.83. The third-order valence-corrected chi connectivity index (χ3v) is 2.78. The van der Waals surface area contributed by atoms with Gasteiger partial charge in [-0.1, -0.05) is 5.57 Å². The second-order valence-electron chi connectivity index (χ2n) is 3.22. The first kappa shape index (κ1) is 9.85. The minimum absolute atomic E-state index is 0.337. The lowest BCUT2D eigenvalue weighted by atomic mass is 10.1.